The molecule has 112 valence electrons. The summed E-state index contributed by atoms with van der Waals surface area (Å²) in [6.07, 6.45) is 1.58. The van der Waals surface area contributed by atoms with Crippen molar-refractivity contribution in [1.82, 2.24) is 9.97 Å². The molecule has 0 aliphatic rings. The first-order valence-corrected chi connectivity index (χ1v) is 7.05. The van der Waals surface area contributed by atoms with Crippen LogP contribution in [0.25, 0.3) is 22.6 Å². The van der Waals surface area contributed by atoms with Crippen LogP contribution >= 0.6 is 11.6 Å². The lowest BCUT2D eigenvalue weighted by Crippen LogP contribution is -2.11. The molecule has 5 nitrogen and oxygen atoms in total. The molecule has 6 heteroatoms. The average molecular weight is 324 g/mol. The van der Waals surface area contributed by atoms with Crippen LogP contribution in [-0.4, -0.2) is 15.1 Å². The molecular formula is C17H10ClN3O2. The van der Waals surface area contributed by atoms with Crippen LogP contribution in [0.3, 0.4) is 0 Å². The summed E-state index contributed by atoms with van der Waals surface area (Å²) in [6, 6.07) is 13.1. The maximum absolute atomic E-state index is 12.1. The number of halogens is 1. The molecule has 0 atom stereocenters. The van der Waals surface area contributed by atoms with E-state index in [9.17, 15) is 15.2 Å². The third-order valence-corrected chi connectivity index (χ3v) is 3.48. The third kappa shape index (κ3) is 3.07. The van der Waals surface area contributed by atoms with Crippen LogP contribution in [-0.2, 0) is 0 Å². The zero-order valence-corrected chi connectivity index (χ0v) is 12.5. The number of aromatic amines is 1. The molecule has 0 saturated heterocycles. The number of allylic oxidation sites excluding steroid dienone is 1. The first-order valence-electron chi connectivity index (χ1n) is 6.67. The van der Waals surface area contributed by atoms with E-state index in [4.69, 9.17) is 11.6 Å². The summed E-state index contributed by atoms with van der Waals surface area (Å²) in [6.45, 7) is 0. The highest BCUT2D eigenvalue weighted by Gasteiger charge is 2.09. The summed E-state index contributed by atoms with van der Waals surface area (Å²) in [5, 5.41) is 19.5. The van der Waals surface area contributed by atoms with Gasteiger partial charge in [0.05, 0.1) is 16.5 Å². The van der Waals surface area contributed by atoms with Crippen LogP contribution in [0.1, 0.15) is 11.4 Å². The van der Waals surface area contributed by atoms with E-state index in [-0.39, 0.29) is 22.7 Å². The van der Waals surface area contributed by atoms with Crippen LogP contribution in [0.5, 0.6) is 5.75 Å². The van der Waals surface area contributed by atoms with Crippen molar-refractivity contribution >= 4 is 34.2 Å². The van der Waals surface area contributed by atoms with Crippen molar-refractivity contribution in [3.05, 3.63) is 69.2 Å². The first-order chi connectivity index (χ1) is 11.1. The van der Waals surface area contributed by atoms with Gasteiger partial charge >= 0.3 is 0 Å². The van der Waals surface area contributed by atoms with E-state index < -0.39 is 0 Å². The van der Waals surface area contributed by atoms with Crippen molar-refractivity contribution in [3.63, 3.8) is 0 Å². The molecule has 0 saturated carbocycles. The van der Waals surface area contributed by atoms with Gasteiger partial charge in [-0.05, 0) is 42.0 Å². The van der Waals surface area contributed by atoms with Gasteiger partial charge in [0.15, 0.2) is 5.82 Å². The Hall–Kier alpha value is -3.10. The lowest BCUT2D eigenvalue weighted by molar-refractivity contribution is 0.475. The van der Waals surface area contributed by atoms with E-state index in [1.807, 2.05) is 6.07 Å². The number of nitrogens with zero attached hydrogens (tertiary/aromatic N) is 2. The van der Waals surface area contributed by atoms with E-state index in [2.05, 4.69) is 9.97 Å². The van der Waals surface area contributed by atoms with Gasteiger partial charge in [-0.2, -0.15) is 5.26 Å². The molecule has 0 unspecified atom stereocenters. The number of nitriles is 1. The predicted octanol–water partition coefficient (Wildman–Crippen LogP) is 3.35. The largest absolute Gasteiger partial charge is 0.508 e. The number of hydrogen-bond donors (Lipinski definition) is 2. The minimum Gasteiger partial charge on any atom is -0.508 e. The predicted molar refractivity (Wildman–Crippen MR) is 89.0 cm³/mol. The van der Waals surface area contributed by atoms with Crippen molar-refractivity contribution in [2.24, 2.45) is 0 Å². The highest BCUT2D eigenvalue weighted by Crippen LogP contribution is 2.19. The summed E-state index contributed by atoms with van der Waals surface area (Å²) < 4.78 is 0. The summed E-state index contributed by atoms with van der Waals surface area (Å²) in [7, 11) is 0. The summed E-state index contributed by atoms with van der Waals surface area (Å²) in [5.41, 5.74) is 0.986. The van der Waals surface area contributed by atoms with Gasteiger partial charge < -0.3 is 10.1 Å². The average Bonchev–Trinajstić information content (AvgIpc) is 2.53. The van der Waals surface area contributed by atoms with E-state index in [0.717, 1.165) is 0 Å². The lowest BCUT2D eigenvalue weighted by atomic mass is 10.1. The molecule has 1 aromatic heterocycles. The number of fused-ring (bicyclic) bond motifs is 1. The van der Waals surface area contributed by atoms with Crippen LogP contribution < -0.4 is 5.56 Å². The van der Waals surface area contributed by atoms with Gasteiger partial charge in [-0.3, -0.25) is 4.79 Å². The second-order valence-electron chi connectivity index (χ2n) is 4.84. The molecule has 23 heavy (non-hydrogen) atoms. The number of rotatable bonds is 2. The molecule has 3 aromatic rings. The zero-order valence-electron chi connectivity index (χ0n) is 11.7. The summed E-state index contributed by atoms with van der Waals surface area (Å²) in [5.74, 6) is 0.299. The van der Waals surface area contributed by atoms with Crippen molar-refractivity contribution in [2.45, 2.75) is 0 Å². The molecule has 0 aliphatic heterocycles. The standard InChI is InChI=1S/C17H10ClN3O2/c18-12-3-6-14-15(8-12)20-16(21-17(14)23)11(9-19)7-10-1-4-13(22)5-2-10/h1-8,22H,(H,20,21,23). The zero-order chi connectivity index (χ0) is 16.4. The Morgan fingerprint density at radius 2 is 2.00 bits per heavy atom. The van der Waals surface area contributed by atoms with Gasteiger partial charge in [0.2, 0.25) is 0 Å². The molecule has 0 amide bonds. The lowest BCUT2D eigenvalue weighted by Gasteiger charge is -2.03. The van der Waals surface area contributed by atoms with E-state index in [0.29, 0.717) is 21.5 Å². The Kier molecular flexibility index (Phi) is 3.83. The van der Waals surface area contributed by atoms with Gasteiger partial charge in [-0.15, -0.1) is 0 Å². The molecule has 0 spiro atoms. The fourth-order valence-corrected chi connectivity index (χ4v) is 2.30. The van der Waals surface area contributed by atoms with Gasteiger partial charge in [0, 0.05) is 5.02 Å². The number of nitrogens with one attached hydrogen (secondary N) is 1. The summed E-state index contributed by atoms with van der Waals surface area (Å²) >= 11 is 5.93. The number of H-pyrrole nitrogens is 1. The molecule has 0 aliphatic carbocycles. The van der Waals surface area contributed by atoms with Crippen LogP contribution in [0.2, 0.25) is 5.02 Å². The Balaban J connectivity index is 2.15. The Morgan fingerprint density at radius 1 is 1.26 bits per heavy atom. The fourth-order valence-electron chi connectivity index (χ4n) is 2.13. The number of aromatic hydroxyl groups is 1. The number of hydrogen-bond acceptors (Lipinski definition) is 4. The fraction of sp³-hybridized carbons (Fsp3) is 0. The van der Waals surface area contributed by atoms with Crippen molar-refractivity contribution in [1.29, 1.82) is 5.26 Å². The monoisotopic (exact) mass is 323 g/mol. The second kappa shape index (κ2) is 5.95. The normalized spacial score (nSPS) is 11.4. The van der Waals surface area contributed by atoms with Gasteiger partial charge in [-0.25, -0.2) is 4.98 Å². The molecule has 0 radical (unpaired) electrons. The van der Waals surface area contributed by atoms with E-state index in [1.54, 1.807) is 36.4 Å². The number of benzene rings is 2. The Labute approximate surface area is 136 Å². The maximum atomic E-state index is 12.1. The minimum atomic E-state index is -0.339. The molecule has 2 N–H and O–H groups in total. The Morgan fingerprint density at radius 3 is 2.70 bits per heavy atom. The molecule has 3 rings (SSSR count). The van der Waals surface area contributed by atoms with Gasteiger partial charge in [0.25, 0.3) is 5.56 Å². The topological polar surface area (TPSA) is 89.8 Å². The maximum Gasteiger partial charge on any atom is 0.259 e. The van der Waals surface area contributed by atoms with Crippen molar-refractivity contribution in [2.75, 3.05) is 0 Å². The molecule has 0 fully saturated rings. The van der Waals surface area contributed by atoms with Crippen LogP contribution in [0, 0.1) is 11.3 Å². The van der Waals surface area contributed by atoms with E-state index >= 15 is 0 Å². The number of aromatic nitrogens is 2. The molecular weight excluding hydrogens is 314 g/mol. The highest BCUT2D eigenvalue weighted by molar-refractivity contribution is 6.31. The van der Waals surface area contributed by atoms with Crippen molar-refractivity contribution < 1.29 is 5.11 Å². The van der Waals surface area contributed by atoms with Crippen LogP contribution in [0.15, 0.2) is 47.3 Å². The highest BCUT2D eigenvalue weighted by atomic mass is 35.5. The Bertz CT molecular complexity index is 1010. The second-order valence-corrected chi connectivity index (χ2v) is 5.27. The molecule has 0 bridgehead atoms. The first kappa shape index (κ1) is 14.8. The van der Waals surface area contributed by atoms with Crippen LogP contribution in [0.4, 0.5) is 0 Å². The molecule has 2 aromatic carbocycles. The summed E-state index contributed by atoms with van der Waals surface area (Å²) in [4.78, 5) is 19.0. The van der Waals surface area contributed by atoms with Gasteiger partial charge in [0.1, 0.15) is 11.8 Å². The molecule has 1 heterocycles. The minimum absolute atomic E-state index is 0.132. The SMILES string of the molecule is N#CC(=Cc1ccc(O)cc1)c1nc2cc(Cl)ccc2c(=O)[nH]1. The van der Waals surface area contributed by atoms with Gasteiger partial charge in [-0.1, -0.05) is 23.7 Å². The number of phenols is 1. The quantitative estimate of drug-likeness (QED) is 0.708. The number of phenolic OH excluding ortho intramolecular Hbond substituents is 1. The van der Waals surface area contributed by atoms with Crippen molar-refractivity contribution in [3.8, 4) is 11.8 Å². The smallest absolute Gasteiger partial charge is 0.259 e. The third-order valence-electron chi connectivity index (χ3n) is 3.25. The van der Waals surface area contributed by atoms with E-state index in [1.165, 1.54) is 12.1 Å².